The number of methoxy groups -OCH3 is 2. The van der Waals surface area contributed by atoms with Crippen LogP contribution in [0.5, 0.6) is 46.0 Å². The first-order chi connectivity index (χ1) is 27.6. The summed E-state index contributed by atoms with van der Waals surface area (Å²) in [6, 6.07) is 9.76. The van der Waals surface area contributed by atoms with Gasteiger partial charge in [-0.05, 0) is 35.9 Å². The number of hydrogen-bond donors (Lipinski definition) is 11. The van der Waals surface area contributed by atoms with Gasteiger partial charge < -0.3 is 89.3 Å². The standard InChI is InChI=1S/C38H40O20/c1-51-23-7-15(8-24(52-2)29(23)45)3-6-28(44)58-36-27(14-53-37-33(49)31(47)30(46)26(13-39)56-37)57-38(34(50)32(36)48)55-25-12-18-20(42)10-17(40)11-22(18)54-35(25)16-4-5-19(41)21(43)9-16/h3-12,26-27,30-34,36-39,46-50H,13-14H2,1-2H3,(H4-,40,41,42,43,44,45)/p+1. The Morgan fingerprint density at radius 1 is 0.741 bits per heavy atom. The largest absolute Gasteiger partial charge is 0.507 e. The molecule has 312 valence electrons. The Bertz CT molecular complexity index is 2110. The van der Waals surface area contributed by atoms with Gasteiger partial charge in [-0.3, -0.25) is 0 Å². The van der Waals surface area contributed by atoms with Gasteiger partial charge in [0, 0.05) is 24.3 Å². The lowest BCUT2D eigenvalue weighted by Crippen LogP contribution is -2.63. The average molecular weight is 818 g/mol. The third-order valence-corrected chi connectivity index (χ3v) is 9.38. The minimum absolute atomic E-state index is 0.00430. The van der Waals surface area contributed by atoms with Crippen LogP contribution in [-0.4, -0.2) is 151 Å². The van der Waals surface area contributed by atoms with E-state index in [4.69, 9.17) is 37.6 Å². The fraction of sp³-hybridized carbons (Fsp3) is 0.368. The molecule has 2 saturated heterocycles. The molecule has 11 N–H and O–H groups in total. The van der Waals surface area contributed by atoms with E-state index in [1.54, 1.807) is 0 Å². The van der Waals surface area contributed by atoms with Gasteiger partial charge in [-0.25, -0.2) is 9.21 Å². The van der Waals surface area contributed by atoms with Crippen molar-refractivity contribution in [3.8, 4) is 57.3 Å². The number of aromatic hydroxyl groups is 5. The van der Waals surface area contributed by atoms with Crippen LogP contribution in [0.15, 0.2) is 59.0 Å². The van der Waals surface area contributed by atoms with E-state index < -0.39 is 97.8 Å². The van der Waals surface area contributed by atoms with Crippen LogP contribution in [0.3, 0.4) is 0 Å². The molecule has 20 heteroatoms. The summed E-state index contributed by atoms with van der Waals surface area (Å²) in [4.78, 5) is 13.2. The van der Waals surface area contributed by atoms with Crippen LogP contribution >= 0.6 is 0 Å². The Labute approximate surface area is 327 Å². The molecule has 10 atom stereocenters. The highest BCUT2D eigenvalue weighted by Crippen LogP contribution is 2.43. The number of aliphatic hydroxyl groups excluding tert-OH is 6. The molecular formula is C38H41O20+. The first kappa shape index (κ1) is 41.9. The lowest BCUT2D eigenvalue weighted by molar-refractivity contribution is -0.323. The number of aliphatic hydroxyl groups is 6. The Morgan fingerprint density at radius 3 is 2.07 bits per heavy atom. The van der Waals surface area contributed by atoms with E-state index in [0.717, 1.165) is 24.3 Å². The minimum atomic E-state index is -2.01. The highest BCUT2D eigenvalue weighted by atomic mass is 16.7. The molecule has 6 rings (SSSR count). The van der Waals surface area contributed by atoms with E-state index in [0.29, 0.717) is 5.56 Å². The van der Waals surface area contributed by atoms with E-state index in [-0.39, 0.29) is 51.0 Å². The summed E-state index contributed by atoms with van der Waals surface area (Å²) < 4.78 is 44.8. The Morgan fingerprint density at radius 2 is 1.41 bits per heavy atom. The Hall–Kier alpha value is -5.68. The van der Waals surface area contributed by atoms with Gasteiger partial charge in [0.05, 0.1) is 39.1 Å². The van der Waals surface area contributed by atoms with Crippen molar-refractivity contribution in [1.82, 2.24) is 0 Å². The number of rotatable bonds is 12. The minimum Gasteiger partial charge on any atom is -0.507 e. The van der Waals surface area contributed by atoms with Gasteiger partial charge in [-0.2, -0.15) is 0 Å². The summed E-state index contributed by atoms with van der Waals surface area (Å²) in [6.45, 7) is -1.49. The normalized spacial score (nSPS) is 27.4. The molecule has 4 aromatic rings. The van der Waals surface area contributed by atoms with Crippen molar-refractivity contribution >= 4 is 23.0 Å². The molecule has 3 heterocycles. The van der Waals surface area contributed by atoms with E-state index in [9.17, 15) is 61.0 Å². The van der Waals surface area contributed by atoms with Crippen LogP contribution in [0.25, 0.3) is 28.4 Å². The molecule has 2 aliphatic rings. The van der Waals surface area contributed by atoms with Crippen LogP contribution in [0.1, 0.15) is 5.56 Å². The van der Waals surface area contributed by atoms with Crippen LogP contribution in [0.2, 0.25) is 0 Å². The molecule has 0 radical (unpaired) electrons. The molecule has 58 heavy (non-hydrogen) atoms. The smallest absolute Gasteiger partial charge is 0.402 e. The number of carbonyl (C=O) groups excluding carboxylic acids is 1. The van der Waals surface area contributed by atoms with Gasteiger partial charge in [-0.15, -0.1) is 0 Å². The maximum absolute atomic E-state index is 13.2. The Kier molecular flexibility index (Phi) is 12.6. The second kappa shape index (κ2) is 17.4. The summed E-state index contributed by atoms with van der Waals surface area (Å²) in [7, 11) is 2.61. The fourth-order valence-corrected chi connectivity index (χ4v) is 6.29. The highest BCUT2D eigenvalue weighted by molar-refractivity contribution is 5.89. The Balaban J connectivity index is 1.32. The highest BCUT2D eigenvalue weighted by Gasteiger charge is 2.50. The summed E-state index contributed by atoms with van der Waals surface area (Å²) in [6.07, 6.45) is -15.4. The van der Waals surface area contributed by atoms with Crippen LogP contribution in [0, 0.1) is 0 Å². The van der Waals surface area contributed by atoms with E-state index >= 15 is 0 Å². The first-order valence-corrected chi connectivity index (χ1v) is 17.4. The number of carbonyl (C=O) groups is 1. The van der Waals surface area contributed by atoms with Crippen LogP contribution in [0.4, 0.5) is 0 Å². The van der Waals surface area contributed by atoms with Gasteiger partial charge >= 0.3 is 17.3 Å². The van der Waals surface area contributed by atoms with Crippen molar-refractivity contribution in [3.05, 3.63) is 60.2 Å². The summed E-state index contributed by atoms with van der Waals surface area (Å²) in [5.74, 6) is -3.63. The van der Waals surface area contributed by atoms with Gasteiger partial charge in [0.2, 0.25) is 17.8 Å². The lowest BCUT2D eigenvalue weighted by Gasteiger charge is -2.43. The fourth-order valence-electron chi connectivity index (χ4n) is 6.29. The molecule has 1 aromatic heterocycles. The molecule has 2 fully saturated rings. The zero-order valence-electron chi connectivity index (χ0n) is 30.6. The predicted molar refractivity (Wildman–Crippen MR) is 194 cm³/mol. The number of phenols is 5. The molecule has 0 saturated carbocycles. The van der Waals surface area contributed by atoms with Crippen molar-refractivity contribution < 1.29 is 98.5 Å². The number of benzene rings is 3. The van der Waals surface area contributed by atoms with Gasteiger partial charge in [-0.1, -0.05) is 0 Å². The third kappa shape index (κ3) is 8.60. The van der Waals surface area contributed by atoms with Gasteiger partial charge in [0.25, 0.3) is 0 Å². The molecular weight excluding hydrogens is 776 g/mol. The molecule has 10 unspecified atom stereocenters. The van der Waals surface area contributed by atoms with E-state index in [1.807, 2.05) is 0 Å². The summed E-state index contributed by atoms with van der Waals surface area (Å²) in [5.41, 5.74) is 0.345. The van der Waals surface area contributed by atoms with Crippen molar-refractivity contribution in [3.63, 3.8) is 0 Å². The summed E-state index contributed by atoms with van der Waals surface area (Å²) >= 11 is 0. The first-order valence-electron chi connectivity index (χ1n) is 17.4. The lowest BCUT2D eigenvalue weighted by atomic mass is 9.98. The van der Waals surface area contributed by atoms with Gasteiger partial charge in [0.15, 0.2) is 35.4 Å². The zero-order chi connectivity index (χ0) is 42.0. The second-order valence-electron chi connectivity index (χ2n) is 13.2. The predicted octanol–water partition coefficient (Wildman–Crippen LogP) is 0.193. The SMILES string of the molecule is COc1cc(C=CC(=O)OC2C(COC3OC(CO)C(O)C(O)C3O)OC(Oc3cc4c(O)cc(O)cc4[o+]c3-c3ccc(O)c(O)c3)C(O)C2O)cc(OC)c1O. The average Bonchev–Trinajstić information content (AvgIpc) is 3.20. The van der Waals surface area contributed by atoms with Crippen molar-refractivity contribution in [2.24, 2.45) is 0 Å². The van der Waals surface area contributed by atoms with E-state index in [1.165, 1.54) is 50.6 Å². The maximum atomic E-state index is 13.2. The monoisotopic (exact) mass is 817 g/mol. The molecule has 20 nitrogen and oxygen atoms in total. The maximum Gasteiger partial charge on any atom is 0.402 e. The molecule has 2 aliphatic heterocycles. The van der Waals surface area contributed by atoms with Gasteiger partial charge in [0.1, 0.15) is 59.6 Å². The molecule has 3 aromatic carbocycles. The van der Waals surface area contributed by atoms with Crippen LogP contribution < -0.4 is 14.2 Å². The number of esters is 1. The number of ether oxygens (including phenoxy) is 7. The quantitative estimate of drug-likeness (QED) is 0.0393. The molecule has 0 amide bonds. The molecule has 0 spiro atoms. The topological polar surface area (TPSA) is 316 Å². The van der Waals surface area contributed by atoms with E-state index in [2.05, 4.69) is 0 Å². The molecule has 0 bridgehead atoms. The number of hydrogen-bond acceptors (Lipinski definition) is 19. The van der Waals surface area contributed by atoms with Crippen molar-refractivity contribution in [1.29, 1.82) is 0 Å². The van der Waals surface area contributed by atoms with Crippen LogP contribution in [-0.2, 0) is 23.7 Å². The number of fused-ring (bicyclic) bond motifs is 1. The second-order valence-corrected chi connectivity index (χ2v) is 13.2. The zero-order valence-corrected chi connectivity index (χ0v) is 30.6. The van der Waals surface area contributed by atoms with Crippen molar-refractivity contribution in [2.75, 3.05) is 27.4 Å². The number of phenolic OH excluding ortho intramolecular Hbond substituents is 5. The van der Waals surface area contributed by atoms with Crippen molar-refractivity contribution in [2.45, 2.75) is 61.4 Å². The summed E-state index contributed by atoms with van der Waals surface area (Å²) in [5, 5.41) is 115. The molecule has 0 aliphatic carbocycles. The third-order valence-electron chi connectivity index (χ3n) is 9.38.